The van der Waals surface area contributed by atoms with E-state index in [0.29, 0.717) is 12.1 Å². The molecule has 1 fully saturated rings. The van der Waals surface area contributed by atoms with E-state index in [1.165, 1.54) is 35.1 Å². The first-order chi connectivity index (χ1) is 14.4. The maximum Gasteiger partial charge on any atom is 0.138 e. The minimum absolute atomic E-state index is 0.342. The summed E-state index contributed by atoms with van der Waals surface area (Å²) in [5.41, 5.74) is 6.02. The van der Waals surface area contributed by atoms with Gasteiger partial charge in [0, 0.05) is 29.6 Å². The third-order valence-corrected chi connectivity index (χ3v) is 5.91. The highest BCUT2D eigenvalue weighted by molar-refractivity contribution is 5.86. The molecule has 146 valence electrons. The predicted molar refractivity (Wildman–Crippen MR) is 119 cm³/mol. The van der Waals surface area contributed by atoms with Crippen molar-refractivity contribution in [3.8, 4) is 11.1 Å². The maximum atomic E-state index is 5.84. The zero-order valence-corrected chi connectivity index (χ0v) is 16.5. The molecule has 1 aliphatic rings. The normalized spacial score (nSPS) is 19.4. The molecular formula is C26H26N2O. The summed E-state index contributed by atoms with van der Waals surface area (Å²) in [5, 5.41) is 8.69. The molecule has 2 N–H and O–H groups in total. The van der Waals surface area contributed by atoms with Crippen LogP contribution in [0, 0.1) is 0 Å². The Morgan fingerprint density at radius 3 is 2.52 bits per heavy atom. The highest BCUT2D eigenvalue weighted by Gasteiger charge is 2.25. The fraction of sp³-hybridized carbons (Fsp3) is 0.231. The molecule has 1 aliphatic heterocycles. The van der Waals surface area contributed by atoms with Crippen LogP contribution in [0.25, 0.3) is 22.1 Å². The van der Waals surface area contributed by atoms with Crippen LogP contribution in [0.2, 0.25) is 0 Å². The van der Waals surface area contributed by atoms with E-state index in [9.17, 15) is 0 Å². The van der Waals surface area contributed by atoms with Crippen LogP contribution in [-0.4, -0.2) is 12.6 Å². The summed E-state index contributed by atoms with van der Waals surface area (Å²) in [6, 6.07) is 28.6. The molecule has 0 spiro atoms. The van der Waals surface area contributed by atoms with E-state index in [1.807, 2.05) is 0 Å². The highest BCUT2D eigenvalue weighted by atomic mass is 16.3. The molecule has 0 amide bonds. The Bertz CT molecular complexity index is 1070. The van der Waals surface area contributed by atoms with Crippen LogP contribution in [-0.2, 0) is 6.54 Å². The van der Waals surface area contributed by atoms with E-state index in [-0.39, 0.29) is 0 Å². The smallest absolute Gasteiger partial charge is 0.138 e. The molecule has 0 unspecified atom stereocenters. The fourth-order valence-electron chi connectivity index (χ4n) is 4.44. The molecule has 2 heterocycles. The first-order valence-electron chi connectivity index (χ1n) is 10.5. The summed E-state index contributed by atoms with van der Waals surface area (Å²) in [4.78, 5) is 0. The molecular weight excluding hydrogens is 356 g/mol. The molecule has 3 aromatic carbocycles. The van der Waals surface area contributed by atoms with Gasteiger partial charge in [0.1, 0.15) is 5.58 Å². The summed E-state index contributed by atoms with van der Waals surface area (Å²) in [7, 11) is 0. The first kappa shape index (κ1) is 18.2. The van der Waals surface area contributed by atoms with Crippen molar-refractivity contribution in [2.75, 3.05) is 6.54 Å². The Hall–Kier alpha value is -2.88. The van der Waals surface area contributed by atoms with Gasteiger partial charge in [-0.1, -0.05) is 60.7 Å². The SMILES string of the molecule is c1ccc(-c2cc(CN[C@H]3CCCN[C@H]3c3ccccc3)c3occc3c2)cc1. The van der Waals surface area contributed by atoms with Gasteiger partial charge in [-0.3, -0.25) is 0 Å². The predicted octanol–water partition coefficient (Wildman–Crippen LogP) is 5.68. The van der Waals surface area contributed by atoms with Gasteiger partial charge < -0.3 is 15.1 Å². The standard InChI is InChI=1S/C26H26N2O/c1-3-8-19(9-4-1)22-16-21-13-15-29-26(21)23(17-22)18-28-24-12-7-14-27-25(24)20-10-5-2-6-11-20/h1-6,8-11,13,15-17,24-25,27-28H,7,12,14,18H2/t24-,25-/m0/s1. The fourth-order valence-corrected chi connectivity index (χ4v) is 4.44. The molecule has 1 aromatic heterocycles. The largest absolute Gasteiger partial charge is 0.464 e. The number of benzene rings is 3. The average molecular weight is 383 g/mol. The number of hydrogen-bond donors (Lipinski definition) is 2. The zero-order valence-electron chi connectivity index (χ0n) is 16.5. The lowest BCUT2D eigenvalue weighted by atomic mass is 9.92. The van der Waals surface area contributed by atoms with Gasteiger partial charge in [-0.15, -0.1) is 0 Å². The lowest BCUT2D eigenvalue weighted by Gasteiger charge is -2.34. The Morgan fingerprint density at radius 1 is 0.897 bits per heavy atom. The van der Waals surface area contributed by atoms with Crippen LogP contribution in [0.5, 0.6) is 0 Å². The van der Waals surface area contributed by atoms with Crippen LogP contribution in [0.15, 0.2) is 89.5 Å². The van der Waals surface area contributed by atoms with Gasteiger partial charge in [0.2, 0.25) is 0 Å². The van der Waals surface area contributed by atoms with Gasteiger partial charge in [0.05, 0.1) is 6.26 Å². The van der Waals surface area contributed by atoms with Crippen molar-refractivity contribution in [1.82, 2.24) is 10.6 Å². The number of rotatable bonds is 5. The van der Waals surface area contributed by atoms with Gasteiger partial charge >= 0.3 is 0 Å². The number of hydrogen-bond acceptors (Lipinski definition) is 3. The molecule has 1 saturated heterocycles. The second-order valence-electron chi connectivity index (χ2n) is 7.81. The third-order valence-electron chi connectivity index (χ3n) is 5.91. The van der Waals surface area contributed by atoms with Crippen molar-refractivity contribution in [3.05, 3.63) is 96.3 Å². The maximum absolute atomic E-state index is 5.84. The Morgan fingerprint density at radius 2 is 1.69 bits per heavy atom. The van der Waals surface area contributed by atoms with Crippen LogP contribution >= 0.6 is 0 Å². The molecule has 3 heteroatoms. The molecule has 5 rings (SSSR count). The lowest BCUT2D eigenvalue weighted by molar-refractivity contribution is 0.304. The lowest BCUT2D eigenvalue weighted by Crippen LogP contribution is -2.45. The number of nitrogens with one attached hydrogen (secondary N) is 2. The molecule has 3 nitrogen and oxygen atoms in total. The molecule has 0 aliphatic carbocycles. The van der Waals surface area contributed by atoms with Gasteiger partial charge in [-0.2, -0.15) is 0 Å². The van der Waals surface area contributed by atoms with Gasteiger partial charge in [0.25, 0.3) is 0 Å². The minimum atomic E-state index is 0.342. The topological polar surface area (TPSA) is 37.2 Å². The van der Waals surface area contributed by atoms with Crippen LogP contribution in [0.1, 0.15) is 30.0 Å². The quantitative estimate of drug-likeness (QED) is 0.466. The van der Waals surface area contributed by atoms with Gasteiger partial charge in [0.15, 0.2) is 0 Å². The summed E-state index contributed by atoms with van der Waals surface area (Å²) in [5.74, 6) is 0. The second kappa shape index (κ2) is 8.24. The van der Waals surface area contributed by atoms with Crippen LogP contribution in [0.3, 0.4) is 0 Å². The summed E-state index contributed by atoms with van der Waals surface area (Å²) in [6.07, 6.45) is 4.16. The van der Waals surface area contributed by atoms with Crippen molar-refractivity contribution in [2.45, 2.75) is 31.5 Å². The van der Waals surface area contributed by atoms with E-state index >= 15 is 0 Å². The van der Waals surface area contributed by atoms with E-state index in [2.05, 4.69) is 89.5 Å². The van der Waals surface area contributed by atoms with Gasteiger partial charge in [-0.25, -0.2) is 0 Å². The van der Waals surface area contributed by atoms with Crippen molar-refractivity contribution < 1.29 is 4.42 Å². The number of piperidine rings is 1. The van der Waals surface area contributed by atoms with Crippen LogP contribution < -0.4 is 10.6 Å². The molecule has 29 heavy (non-hydrogen) atoms. The molecule has 4 aromatic rings. The zero-order chi connectivity index (χ0) is 19.5. The summed E-state index contributed by atoms with van der Waals surface area (Å²) < 4.78 is 5.84. The molecule has 2 atom stereocenters. The Balaban J connectivity index is 1.42. The van der Waals surface area contributed by atoms with Crippen molar-refractivity contribution in [3.63, 3.8) is 0 Å². The van der Waals surface area contributed by atoms with Crippen molar-refractivity contribution in [2.24, 2.45) is 0 Å². The minimum Gasteiger partial charge on any atom is -0.464 e. The number of fused-ring (bicyclic) bond motifs is 1. The van der Waals surface area contributed by atoms with Gasteiger partial charge in [-0.05, 0) is 54.3 Å². The second-order valence-corrected chi connectivity index (χ2v) is 7.81. The first-order valence-corrected chi connectivity index (χ1v) is 10.5. The molecule has 0 saturated carbocycles. The van der Waals surface area contributed by atoms with E-state index in [4.69, 9.17) is 4.42 Å². The van der Waals surface area contributed by atoms with E-state index in [0.717, 1.165) is 24.1 Å². The Labute approximate surface area is 171 Å². The van der Waals surface area contributed by atoms with Crippen molar-refractivity contribution in [1.29, 1.82) is 0 Å². The Kier molecular flexibility index (Phi) is 5.16. The monoisotopic (exact) mass is 382 g/mol. The molecule has 0 bridgehead atoms. The summed E-state index contributed by atoms with van der Waals surface area (Å²) >= 11 is 0. The van der Waals surface area contributed by atoms with E-state index in [1.54, 1.807) is 6.26 Å². The van der Waals surface area contributed by atoms with E-state index < -0.39 is 0 Å². The average Bonchev–Trinajstić information content (AvgIpc) is 3.28. The van der Waals surface area contributed by atoms with Crippen molar-refractivity contribution >= 4 is 11.0 Å². The molecule has 0 radical (unpaired) electrons. The van der Waals surface area contributed by atoms with Crippen LogP contribution in [0.4, 0.5) is 0 Å². The summed E-state index contributed by atoms with van der Waals surface area (Å²) in [6.45, 7) is 1.87. The highest BCUT2D eigenvalue weighted by Crippen LogP contribution is 2.30. The third kappa shape index (κ3) is 3.84. The number of furan rings is 1.